The molecule has 0 heterocycles. The summed E-state index contributed by atoms with van der Waals surface area (Å²) in [5, 5.41) is 0. The molecule has 3 aromatic rings. The van der Waals surface area contributed by atoms with E-state index in [1.165, 1.54) is 38.9 Å². The summed E-state index contributed by atoms with van der Waals surface area (Å²) in [4.78, 5) is 0. The summed E-state index contributed by atoms with van der Waals surface area (Å²) in [6.45, 7) is 22.9. The van der Waals surface area contributed by atoms with Gasteiger partial charge in [0.15, 0.2) is 0 Å². The number of aryl methyl sites for hydroxylation is 3. The van der Waals surface area contributed by atoms with Crippen LogP contribution in [-0.4, -0.2) is 34.4 Å². The van der Waals surface area contributed by atoms with Gasteiger partial charge in [0.05, 0.1) is 0 Å². The van der Waals surface area contributed by atoms with Crippen LogP contribution < -0.4 is 4.40 Å². The maximum atomic E-state index is 2.65. The van der Waals surface area contributed by atoms with Crippen molar-refractivity contribution in [3.8, 4) is 11.1 Å². The first kappa shape index (κ1) is 23.7. The predicted molar refractivity (Wildman–Crippen MR) is 152 cm³/mol. The van der Waals surface area contributed by atoms with Crippen LogP contribution in [0, 0.1) is 20.8 Å². The zero-order chi connectivity index (χ0) is 23.4. The van der Waals surface area contributed by atoms with E-state index < -0.39 is 30.1 Å². The van der Waals surface area contributed by atoms with Crippen LogP contribution in [0.15, 0.2) is 60.7 Å². The number of fused-ring (bicyclic) bond motifs is 3. The Morgan fingerprint density at radius 2 is 0.969 bits per heavy atom. The number of benzene rings is 3. The van der Waals surface area contributed by atoms with Crippen molar-refractivity contribution >= 4 is 38.8 Å². The van der Waals surface area contributed by atoms with Crippen LogP contribution in [0.5, 0.6) is 0 Å². The molecule has 0 atom stereocenters. The Labute approximate surface area is 201 Å². The third-order valence-corrected chi connectivity index (χ3v) is 35.7. The molecule has 0 aromatic heterocycles. The first-order valence-electron chi connectivity index (χ1n) is 11.9. The van der Waals surface area contributed by atoms with Crippen molar-refractivity contribution in [2.75, 3.05) is 0 Å². The van der Waals surface area contributed by atoms with Gasteiger partial charge >= 0.3 is 202 Å². The van der Waals surface area contributed by atoms with Crippen molar-refractivity contribution in [1.82, 2.24) is 0 Å². The topological polar surface area (TPSA) is 0 Å². The van der Waals surface area contributed by atoms with E-state index in [2.05, 4.69) is 121 Å². The van der Waals surface area contributed by atoms with Crippen LogP contribution in [0.2, 0.25) is 43.3 Å². The number of hydrogen-bond donors (Lipinski definition) is 0. The van der Waals surface area contributed by atoms with Gasteiger partial charge in [-0.3, -0.25) is 0 Å². The molecule has 0 saturated carbocycles. The van der Waals surface area contributed by atoms with Gasteiger partial charge in [0, 0.05) is 0 Å². The van der Waals surface area contributed by atoms with E-state index in [4.69, 9.17) is 0 Å². The zero-order valence-corrected chi connectivity index (χ0v) is 25.4. The molecule has 0 nitrogen and oxygen atoms in total. The molecule has 3 heteroatoms. The second kappa shape index (κ2) is 8.38. The van der Waals surface area contributed by atoms with Crippen LogP contribution in [0.1, 0.15) is 27.8 Å². The van der Waals surface area contributed by atoms with Gasteiger partial charge in [-0.2, -0.15) is 0 Å². The fourth-order valence-electron chi connectivity index (χ4n) is 6.49. The molecule has 0 bridgehead atoms. The second-order valence-corrected chi connectivity index (χ2v) is 30.5. The van der Waals surface area contributed by atoms with Crippen LogP contribution in [-0.2, 0) is 0 Å². The summed E-state index contributed by atoms with van der Waals surface area (Å²) in [5.41, 5.74) is 10.4. The molecular weight excluding hydrogens is 477 g/mol. The van der Waals surface area contributed by atoms with Gasteiger partial charge in [-0.15, -0.1) is 0 Å². The molecule has 1 aliphatic rings. The molecule has 32 heavy (non-hydrogen) atoms. The SMILES string of the molecule is Cc1cc(C)[c]([Ge](=[C]2c3ccccc3-c3ccccc32)[CH]([Si](C)(C)C)[Si](C)(C)C)c(C)c1. The average Bonchev–Trinajstić information content (AvgIpc) is 2.98. The predicted octanol–water partition coefficient (Wildman–Crippen LogP) is 7.27. The quantitative estimate of drug-likeness (QED) is 0.251. The molecule has 0 unspecified atom stereocenters. The molecule has 0 aliphatic heterocycles. The molecule has 0 fully saturated rings. The van der Waals surface area contributed by atoms with Gasteiger partial charge in [-0.05, 0) is 0 Å². The fraction of sp³-hybridized carbons (Fsp3) is 0.345. The van der Waals surface area contributed by atoms with Crippen molar-refractivity contribution in [2.45, 2.75) is 64.1 Å². The molecule has 1 aliphatic carbocycles. The number of rotatable bonds is 4. The van der Waals surface area contributed by atoms with Crippen molar-refractivity contribution < 1.29 is 0 Å². The zero-order valence-electron chi connectivity index (χ0n) is 21.4. The van der Waals surface area contributed by atoms with Crippen molar-refractivity contribution in [3.05, 3.63) is 88.5 Å². The Bertz CT molecular complexity index is 1140. The Kier molecular flexibility index (Phi) is 6.19. The van der Waals surface area contributed by atoms with Gasteiger partial charge in [0.2, 0.25) is 0 Å². The van der Waals surface area contributed by atoms with Crippen LogP contribution in [0.3, 0.4) is 0 Å². The Balaban J connectivity index is 2.24. The molecule has 0 radical (unpaired) electrons. The van der Waals surface area contributed by atoms with Crippen LogP contribution in [0.25, 0.3) is 11.1 Å². The van der Waals surface area contributed by atoms with Gasteiger partial charge < -0.3 is 0 Å². The number of hydrogen-bond acceptors (Lipinski definition) is 0. The monoisotopic (exact) mass is 516 g/mol. The van der Waals surface area contributed by atoms with E-state index in [9.17, 15) is 0 Å². The first-order valence-corrected chi connectivity index (χ1v) is 22.4. The van der Waals surface area contributed by atoms with Gasteiger partial charge in [0.1, 0.15) is 0 Å². The third kappa shape index (κ3) is 4.10. The standard InChI is InChI=1S/C29H38GeSi2/c1-20-18-21(2)27(22(3)19-20)30(29(31(4,5)6)32(7,8)9)28-25-16-12-10-14-23(25)24-15-11-13-17-26(24)28/h10-19,29H,1-9H3. The van der Waals surface area contributed by atoms with Crippen LogP contribution >= 0.6 is 0 Å². The molecule has 3 aromatic carbocycles. The molecule has 0 spiro atoms. The van der Waals surface area contributed by atoms with Crippen molar-refractivity contribution in [2.24, 2.45) is 0 Å². The minimum atomic E-state index is -1.94. The summed E-state index contributed by atoms with van der Waals surface area (Å²) in [6, 6.07) is 23.4. The molecule has 166 valence electrons. The molecular formula is C29H38GeSi2. The van der Waals surface area contributed by atoms with Crippen molar-refractivity contribution in [1.29, 1.82) is 0 Å². The fourth-order valence-corrected chi connectivity index (χ4v) is 38.5. The van der Waals surface area contributed by atoms with E-state index in [0.717, 1.165) is 4.00 Å². The summed E-state index contributed by atoms with van der Waals surface area (Å²) < 4.78 is 4.41. The maximum absolute atomic E-state index is 2.65. The van der Waals surface area contributed by atoms with E-state index in [0.29, 0.717) is 0 Å². The van der Waals surface area contributed by atoms with Crippen molar-refractivity contribution in [3.63, 3.8) is 0 Å². The van der Waals surface area contributed by atoms with Gasteiger partial charge in [0.25, 0.3) is 0 Å². The van der Waals surface area contributed by atoms with Gasteiger partial charge in [-0.25, -0.2) is 0 Å². The van der Waals surface area contributed by atoms with E-state index in [1.54, 1.807) is 8.75 Å². The molecule has 0 amide bonds. The third-order valence-electron chi connectivity index (χ3n) is 6.92. The Morgan fingerprint density at radius 1 is 0.594 bits per heavy atom. The average molecular weight is 515 g/mol. The Hall–Kier alpha value is -1.49. The van der Waals surface area contributed by atoms with Crippen LogP contribution in [0.4, 0.5) is 0 Å². The van der Waals surface area contributed by atoms with E-state index in [1.807, 2.05) is 0 Å². The first-order chi connectivity index (χ1) is 14.9. The van der Waals surface area contributed by atoms with E-state index >= 15 is 0 Å². The summed E-state index contributed by atoms with van der Waals surface area (Å²) >= 11 is -1.94. The molecule has 0 saturated heterocycles. The second-order valence-electron chi connectivity index (χ2n) is 11.8. The Morgan fingerprint density at radius 3 is 1.34 bits per heavy atom. The minimum absolute atomic E-state index is 0.907. The van der Waals surface area contributed by atoms with E-state index in [-0.39, 0.29) is 0 Å². The summed E-state index contributed by atoms with van der Waals surface area (Å²) in [7, 11) is -2.84. The summed E-state index contributed by atoms with van der Waals surface area (Å²) in [6.07, 6.45) is 0. The summed E-state index contributed by atoms with van der Waals surface area (Å²) in [5.74, 6) is 0. The molecule has 4 rings (SSSR count). The molecule has 0 N–H and O–H groups in total. The van der Waals surface area contributed by atoms with Gasteiger partial charge in [-0.1, -0.05) is 0 Å². The normalized spacial score (nSPS) is 13.4.